The van der Waals surface area contributed by atoms with Crippen molar-refractivity contribution in [3.63, 3.8) is 0 Å². The summed E-state index contributed by atoms with van der Waals surface area (Å²) in [5.41, 5.74) is 1.97. The zero-order valence-electron chi connectivity index (χ0n) is 14.9. The molecule has 4 rings (SSSR count). The van der Waals surface area contributed by atoms with Crippen molar-refractivity contribution in [2.24, 2.45) is 0 Å². The lowest BCUT2D eigenvalue weighted by Gasteiger charge is -2.06. The molecule has 0 radical (unpaired) electrons. The third-order valence-electron chi connectivity index (χ3n) is 4.18. The van der Waals surface area contributed by atoms with Gasteiger partial charge in [-0.25, -0.2) is 14.3 Å². The van der Waals surface area contributed by atoms with Gasteiger partial charge in [0, 0.05) is 17.1 Å². The number of Topliss-reactive ketones (excluding diaryl/α,β-unsaturated/α-hetero) is 1. The van der Waals surface area contributed by atoms with Gasteiger partial charge < -0.3 is 0 Å². The number of carbonyl (C=O) groups is 1. The summed E-state index contributed by atoms with van der Waals surface area (Å²) in [6.45, 7) is -0.368. The molecule has 3 aromatic heterocycles. The van der Waals surface area contributed by atoms with Crippen LogP contribution in [0.1, 0.15) is 10.9 Å². The molecule has 1 aromatic carbocycles. The van der Waals surface area contributed by atoms with E-state index in [1.54, 1.807) is 29.8 Å². The molecule has 3 heterocycles. The maximum Gasteiger partial charge on any atom is 0.442 e. The van der Waals surface area contributed by atoms with Gasteiger partial charge in [0.1, 0.15) is 10.7 Å². The van der Waals surface area contributed by atoms with E-state index in [0.717, 1.165) is 10.1 Å². The van der Waals surface area contributed by atoms with Gasteiger partial charge in [-0.1, -0.05) is 41.6 Å². The lowest BCUT2D eigenvalue weighted by molar-refractivity contribution is -0.120. The molecule has 0 aliphatic rings. The molecule has 4 aromatic rings. The molecule has 0 saturated carbocycles. The van der Waals surface area contributed by atoms with Gasteiger partial charge in [-0.05, 0) is 12.1 Å². The van der Waals surface area contributed by atoms with Crippen LogP contribution in [-0.2, 0) is 11.3 Å². The van der Waals surface area contributed by atoms with E-state index in [0.29, 0.717) is 16.4 Å². The number of aromatic nitrogens is 4. The minimum Gasteiger partial charge on any atom is -0.296 e. The summed E-state index contributed by atoms with van der Waals surface area (Å²) in [6, 6.07) is 16.6. The Hall–Kier alpha value is -3.90. The van der Waals surface area contributed by atoms with Crippen LogP contribution in [0.3, 0.4) is 0 Å². The summed E-state index contributed by atoms with van der Waals surface area (Å²) in [5.74, 6) is -2.25. The molecule has 29 heavy (non-hydrogen) atoms. The normalized spacial score (nSPS) is 11.7. The van der Waals surface area contributed by atoms with E-state index < -0.39 is 17.5 Å². The molecule has 1 atom stereocenters. The summed E-state index contributed by atoms with van der Waals surface area (Å²) in [4.78, 5) is 33.4. The first-order valence-electron chi connectivity index (χ1n) is 8.58. The van der Waals surface area contributed by atoms with Crippen molar-refractivity contribution in [3.8, 4) is 28.8 Å². The Morgan fingerprint density at radius 2 is 1.97 bits per heavy atom. The van der Waals surface area contributed by atoms with E-state index in [9.17, 15) is 14.9 Å². The maximum atomic E-state index is 12.8. The number of rotatable bonds is 6. The summed E-state index contributed by atoms with van der Waals surface area (Å²) >= 11 is 1.23. The highest BCUT2D eigenvalue weighted by molar-refractivity contribution is 7.10. The Bertz CT molecular complexity index is 1240. The third-order valence-corrected chi connectivity index (χ3v) is 5.09. The van der Waals surface area contributed by atoms with E-state index in [1.165, 1.54) is 11.3 Å². The SMILES string of the molecule is N#CC(C(=O)Cn1c(-c2ccccn2)noc1=O)c1nc(-c2ccccc2)cs1. The summed E-state index contributed by atoms with van der Waals surface area (Å²) in [5, 5.41) is 15.5. The fraction of sp³-hybridized carbons (Fsp3) is 0.100. The van der Waals surface area contributed by atoms with Gasteiger partial charge in [0.2, 0.25) is 5.82 Å². The number of ketones is 1. The number of nitrogens with zero attached hydrogens (tertiary/aromatic N) is 5. The quantitative estimate of drug-likeness (QED) is 0.486. The van der Waals surface area contributed by atoms with Crippen LogP contribution in [0.5, 0.6) is 0 Å². The molecule has 0 N–H and O–H groups in total. The van der Waals surface area contributed by atoms with Crippen molar-refractivity contribution in [1.82, 2.24) is 19.7 Å². The Labute approximate surface area is 168 Å². The number of pyridine rings is 1. The van der Waals surface area contributed by atoms with Crippen molar-refractivity contribution < 1.29 is 9.32 Å². The Morgan fingerprint density at radius 3 is 2.69 bits per heavy atom. The van der Waals surface area contributed by atoms with E-state index >= 15 is 0 Å². The highest BCUT2D eigenvalue weighted by Gasteiger charge is 2.26. The molecule has 0 spiro atoms. The Balaban J connectivity index is 1.61. The van der Waals surface area contributed by atoms with Crippen LogP contribution in [0, 0.1) is 11.3 Å². The zero-order valence-corrected chi connectivity index (χ0v) is 15.7. The average Bonchev–Trinajstić information content (AvgIpc) is 3.38. The summed E-state index contributed by atoms with van der Waals surface area (Å²) in [7, 11) is 0. The summed E-state index contributed by atoms with van der Waals surface area (Å²) < 4.78 is 5.77. The van der Waals surface area contributed by atoms with Crippen molar-refractivity contribution >= 4 is 17.1 Å². The first-order chi connectivity index (χ1) is 14.2. The largest absolute Gasteiger partial charge is 0.442 e. The molecule has 0 amide bonds. The van der Waals surface area contributed by atoms with Gasteiger partial charge in [0.05, 0.1) is 18.3 Å². The second-order valence-electron chi connectivity index (χ2n) is 6.04. The lowest BCUT2D eigenvalue weighted by atomic mass is 10.1. The van der Waals surface area contributed by atoms with Crippen molar-refractivity contribution in [2.75, 3.05) is 0 Å². The lowest BCUT2D eigenvalue weighted by Crippen LogP contribution is -2.24. The molecule has 142 valence electrons. The highest BCUT2D eigenvalue weighted by Crippen LogP contribution is 2.27. The molecule has 0 saturated heterocycles. The van der Waals surface area contributed by atoms with E-state index in [4.69, 9.17) is 4.52 Å². The second-order valence-corrected chi connectivity index (χ2v) is 6.93. The predicted octanol–water partition coefficient (Wildman–Crippen LogP) is 2.90. The molecule has 0 bridgehead atoms. The van der Waals surface area contributed by atoms with Crippen LogP contribution in [0.15, 0.2) is 69.4 Å². The standard InChI is InChI=1S/C20H13N5O3S/c21-10-14(19-23-16(12-29-19)13-6-2-1-3-7-13)17(26)11-25-18(24-28-20(25)27)15-8-4-5-9-22-15/h1-9,12,14H,11H2. The van der Waals surface area contributed by atoms with Crippen molar-refractivity contribution in [2.45, 2.75) is 12.5 Å². The van der Waals surface area contributed by atoms with Crippen molar-refractivity contribution in [3.05, 3.63) is 75.7 Å². The van der Waals surface area contributed by atoms with Crippen LogP contribution in [0.4, 0.5) is 0 Å². The van der Waals surface area contributed by atoms with Gasteiger partial charge >= 0.3 is 5.76 Å². The third kappa shape index (κ3) is 3.74. The van der Waals surface area contributed by atoms with Crippen LogP contribution in [-0.4, -0.2) is 25.5 Å². The van der Waals surface area contributed by atoms with Gasteiger partial charge in [-0.2, -0.15) is 5.26 Å². The minimum atomic E-state index is -1.10. The van der Waals surface area contributed by atoms with E-state index in [2.05, 4.69) is 15.1 Å². The number of benzene rings is 1. The fourth-order valence-electron chi connectivity index (χ4n) is 2.76. The van der Waals surface area contributed by atoms with Crippen molar-refractivity contribution in [1.29, 1.82) is 5.26 Å². The van der Waals surface area contributed by atoms with E-state index in [1.807, 2.05) is 36.4 Å². The average molecular weight is 403 g/mol. The predicted molar refractivity (Wildman–Crippen MR) is 105 cm³/mol. The second kappa shape index (κ2) is 8.00. The molecule has 8 nitrogen and oxygen atoms in total. The summed E-state index contributed by atoms with van der Waals surface area (Å²) in [6.07, 6.45) is 1.54. The first-order valence-corrected chi connectivity index (χ1v) is 9.46. The number of nitriles is 1. The van der Waals surface area contributed by atoms with Crippen LogP contribution >= 0.6 is 11.3 Å². The number of carbonyl (C=O) groups excluding carboxylic acids is 1. The molecular formula is C20H13N5O3S. The fourth-order valence-corrected chi connectivity index (χ4v) is 3.65. The topological polar surface area (TPSA) is 115 Å². The van der Waals surface area contributed by atoms with Crippen LogP contribution < -0.4 is 5.76 Å². The molecule has 0 aliphatic heterocycles. The molecule has 0 aliphatic carbocycles. The molecule has 0 fully saturated rings. The number of hydrogen-bond acceptors (Lipinski definition) is 8. The zero-order chi connectivity index (χ0) is 20.2. The van der Waals surface area contributed by atoms with Crippen LogP contribution in [0.25, 0.3) is 22.8 Å². The highest BCUT2D eigenvalue weighted by atomic mass is 32.1. The Kier molecular flexibility index (Phi) is 5.09. The number of thiazole rings is 1. The number of hydrogen-bond donors (Lipinski definition) is 0. The first kappa shape index (κ1) is 18.5. The smallest absolute Gasteiger partial charge is 0.296 e. The maximum absolute atomic E-state index is 12.8. The monoisotopic (exact) mass is 403 g/mol. The van der Waals surface area contributed by atoms with Gasteiger partial charge in [-0.15, -0.1) is 11.3 Å². The minimum absolute atomic E-state index is 0.129. The Morgan fingerprint density at radius 1 is 1.17 bits per heavy atom. The van der Waals surface area contributed by atoms with Gasteiger partial charge in [0.15, 0.2) is 11.7 Å². The molecule has 1 unspecified atom stereocenters. The molecular weight excluding hydrogens is 390 g/mol. The van der Waals surface area contributed by atoms with Gasteiger partial charge in [0.25, 0.3) is 0 Å². The van der Waals surface area contributed by atoms with Crippen LogP contribution in [0.2, 0.25) is 0 Å². The van der Waals surface area contributed by atoms with E-state index in [-0.39, 0.29) is 12.4 Å². The molecule has 9 heteroatoms. The van der Waals surface area contributed by atoms with Gasteiger partial charge in [-0.3, -0.25) is 14.3 Å².